The van der Waals surface area contributed by atoms with Crippen molar-refractivity contribution in [2.75, 3.05) is 29.9 Å². The van der Waals surface area contributed by atoms with E-state index in [4.69, 9.17) is 0 Å². The van der Waals surface area contributed by atoms with Crippen LogP contribution in [0.15, 0.2) is 36.5 Å². The summed E-state index contributed by atoms with van der Waals surface area (Å²) >= 11 is 0. The number of piperazine rings is 1. The van der Waals surface area contributed by atoms with Crippen molar-refractivity contribution in [3.63, 3.8) is 0 Å². The smallest absolute Gasteiger partial charge is 0.324 e. The number of carbonyl (C=O) groups is 1. The molecule has 2 N–H and O–H groups in total. The van der Waals surface area contributed by atoms with E-state index in [9.17, 15) is 4.79 Å². The number of unbranched alkanes of at least 4 members (excludes halogenated alkanes) is 1. The number of aromatic nitrogens is 3. The lowest BCUT2D eigenvalue weighted by Gasteiger charge is -2.40. The number of hydrogen-bond donors (Lipinski definition) is 2. The van der Waals surface area contributed by atoms with Gasteiger partial charge >= 0.3 is 6.03 Å². The van der Waals surface area contributed by atoms with Gasteiger partial charge in [-0.1, -0.05) is 25.5 Å². The van der Waals surface area contributed by atoms with E-state index in [-0.39, 0.29) is 12.1 Å². The van der Waals surface area contributed by atoms with Crippen molar-refractivity contribution in [3.8, 4) is 0 Å². The number of aryl methyl sites for hydroxylation is 2. The Kier molecular flexibility index (Phi) is 5.88. The fourth-order valence-corrected chi connectivity index (χ4v) is 4.09. The minimum atomic E-state index is -0.120. The van der Waals surface area contributed by atoms with E-state index in [1.807, 2.05) is 23.2 Å². The first-order valence-corrected chi connectivity index (χ1v) is 10.8. The molecule has 1 aromatic carbocycles. The van der Waals surface area contributed by atoms with Gasteiger partial charge in [0.05, 0.1) is 11.0 Å². The van der Waals surface area contributed by atoms with Crippen LogP contribution in [0.1, 0.15) is 37.8 Å². The largest absolute Gasteiger partial charge is 0.353 e. The molecule has 1 saturated heterocycles. The van der Waals surface area contributed by atoms with Crippen molar-refractivity contribution in [1.82, 2.24) is 19.9 Å². The molecular formula is C23H30N6O. The molecule has 0 unspecified atom stereocenters. The van der Waals surface area contributed by atoms with Crippen LogP contribution in [0.25, 0.3) is 11.0 Å². The van der Waals surface area contributed by atoms with Crippen molar-refractivity contribution in [2.24, 2.45) is 0 Å². The number of amides is 2. The van der Waals surface area contributed by atoms with Crippen molar-refractivity contribution in [2.45, 2.75) is 46.1 Å². The summed E-state index contributed by atoms with van der Waals surface area (Å²) in [5.41, 5.74) is 4.28. The highest BCUT2D eigenvalue weighted by Gasteiger charge is 2.29. The Labute approximate surface area is 177 Å². The molecule has 0 radical (unpaired) electrons. The normalized spacial score (nSPS) is 16.8. The molecule has 0 bridgehead atoms. The predicted molar refractivity (Wildman–Crippen MR) is 121 cm³/mol. The number of hydrogen-bond acceptors (Lipinski definition) is 4. The first-order chi connectivity index (χ1) is 14.5. The average molecular weight is 407 g/mol. The molecule has 7 heteroatoms. The summed E-state index contributed by atoms with van der Waals surface area (Å²) in [5, 5.41) is 2.95. The third kappa shape index (κ3) is 4.25. The highest BCUT2D eigenvalue weighted by atomic mass is 16.2. The Morgan fingerprint density at radius 3 is 2.93 bits per heavy atom. The van der Waals surface area contributed by atoms with Crippen LogP contribution in [0.5, 0.6) is 0 Å². The molecule has 1 aliphatic rings. The summed E-state index contributed by atoms with van der Waals surface area (Å²) in [6, 6.07) is 10.2. The zero-order valence-corrected chi connectivity index (χ0v) is 18.0. The second kappa shape index (κ2) is 8.73. The number of anilines is 2. The molecule has 1 aliphatic heterocycles. The summed E-state index contributed by atoms with van der Waals surface area (Å²) in [7, 11) is 0. The molecule has 3 heterocycles. The molecule has 0 spiro atoms. The van der Waals surface area contributed by atoms with Crippen LogP contribution in [0.4, 0.5) is 16.6 Å². The number of fused-ring (bicyclic) bond motifs is 1. The molecule has 3 aromatic rings. The Hall–Kier alpha value is -3.09. The van der Waals surface area contributed by atoms with E-state index in [1.54, 1.807) is 0 Å². The van der Waals surface area contributed by atoms with Crippen LogP contribution in [-0.4, -0.2) is 51.6 Å². The summed E-state index contributed by atoms with van der Waals surface area (Å²) in [4.78, 5) is 29.3. The molecule has 4 rings (SSSR count). The van der Waals surface area contributed by atoms with Crippen LogP contribution in [0.3, 0.4) is 0 Å². The van der Waals surface area contributed by atoms with Crippen molar-refractivity contribution in [3.05, 3.63) is 47.7 Å². The number of urea groups is 1. The van der Waals surface area contributed by atoms with Gasteiger partial charge in [0.1, 0.15) is 5.82 Å². The van der Waals surface area contributed by atoms with E-state index < -0.39 is 0 Å². The third-order valence-electron chi connectivity index (χ3n) is 5.76. The highest BCUT2D eigenvalue weighted by Crippen LogP contribution is 2.22. The Morgan fingerprint density at radius 2 is 2.17 bits per heavy atom. The number of nitrogens with zero attached hydrogens (tertiary/aromatic N) is 4. The van der Waals surface area contributed by atoms with Gasteiger partial charge in [0, 0.05) is 31.9 Å². The fraction of sp³-hybridized carbons (Fsp3) is 0.435. The number of benzene rings is 1. The highest BCUT2D eigenvalue weighted by molar-refractivity contribution is 5.90. The topological polar surface area (TPSA) is 77.2 Å². The molecule has 158 valence electrons. The van der Waals surface area contributed by atoms with Gasteiger partial charge in [-0.15, -0.1) is 0 Å². The van der Waals surface area contributed by atoms with Gasteiger partial charge in [0.15, 0.2) is 0 Å². The molecule has 0 saturated carbocycles. The third-order valence-corrected chi connectivity index (χ3v) is 5.76. The van der Waals surface area contributed by atoms with Crippen LogP contribution >= 0.6 is 0 Å². The zero-order chi connectivity index (χ0) is 21.1. The Balaban J connectivity index is 1.41. The zero-order valence-electron chi connectivity index (χ0n) is 18.0. The lowest BCUT2D eigenvalue weighted by molar-refractivity contribution is 0.184. The number of nitrogens with one attached hydrogen (secondary N) is 2. The van der Waals surface area contributed by atoms with Gasteiger partial charge in [0.2, 0.25) is 5.95 Å². The van der Waals surface area contributed by atoms with E-state index in [1.165, 1.54) is 18.4 Å². The van der Waals surface area contributed by atoms with E-state index in [2.05, 4.69) is 64.1 Å². The number of rotatable bonds is 5. The number of aromatic amines is 1. The lowest BCUT2D eigenvalue weighted by Crippen LogP contribution is -2.55. The Bertz CT molecular complexity index is 1030. The quantitative estimate of drug-likeness (QED) is 0.660. The maximum absolute atomic E-state index is 12.9. The maximum atomic E-state index is 12.9. The van der Waals surface area contributed by atoms with Gasteiger partial charge in [-0.2, -0.15) is 0 Å². The van der Waals surface area contributed by atoms with Gasteiger partial charge in [0.25, 0.3) is 0 Å². The number of carbonyl (C=O) groups excluding carboxylic acids is 1. The standard InChI is InChI=1S/C23H30N6O/c1-4-5-8-18-9-10-19-20(14-18)26-22(25-19)27-23(30)29-13-12-28(15-17(29)3)21-16(2)7-6-11-24-21/h6-7,9-11,14,17H,4-5,8,12-13,15H2,1-3H3,(H2,25,26,27,30)/t17-/m1/s1. The minimum Gasteiger partial charge on any atom is -0.353 e. The van der Waals surface area contributed by atoms with Crippen LogP contribution in [0.2, 0.25) is 0 Å². The molecular weight excluding hydrogens is 376 g/mol. The average Bonchev–Trinajstić information content (AvgIpc) is 3.13. The summed E-state index contributed by atoms with van der Waals surface area (Å²) in [6.07, 6.45) is 5.23. The molecule has 0 aliphatic carbocycles. The second-order valence-electron chi connectivity index (χ2n) is 8.10. The molecule has 30 heavy (non-hydrogen) atoms. The van der Waals surface area contributed by atoms with Crippen LogP contribution < -0.4 is 10.2 Å². The van der Waals surface area contributed by atoms with E-state index >= 15 is 0 Å². The molecule has 1 atom stereocenters. The molecule has 2 aromatic heterocycles. The van der Waals surface area contributed by atoms with Crippen molar-refractivity contribution >= 4 is 28.8 Å². The first-order valence-electron chi connectivity index (χ1n) is 10.8. The molecule has 1 fully saturated rings. The first kappa shape index (κ1) is 20.2. The van der Waals surface area contributed by atoms with Crippen molar-refractivity contribution < 1.29 is 4.79 Å². The minimum absolute atomic E-state index is 0.0742. The predicted octanol–water partition coefficient (Wildman–Crippen LogP) is 4.35. The van der Waals surface area contributed by atoms with E-state index in [0.717, 1.165) is 41.9 Å². The van der Waals surface area contributed by atoms with Gasteiger partial charge in [-0.05, 0) is 56.0 Å². The molecule has 2 amide bonds. The molecule has 7 nitrogen and oxygen atoms in total. The van der Waals surface area contributed by atoms with Crippen molar-refractivity contribution in [1.29, 1.82) is 0 Å². The maximum Gasteiger partial charge on any atom is 0.324 e. The van der Waals surface area contributed by atoms with Gasteiger partial charge in [-0.3, -0.25) is 5.32 Å². The summed E-state index contributed by atoms with van der Waals surface area (Å²) < 4.78 is 0. The number of H-pyrrole nitrogens is 1. The summed E-state index contributed by atoms with van der Waals surface area (Å²) in [5.74, 6) is 1.50. The van der Waals surface area contributed by atoms with E-state index in [0.29, 0.717) is 12.5 Å². The number of imidazole rings is 1. The monoisotopic (exact) mass is 406 g/mol. The SMILES string of the molecule is CCCCc1ccc2nc(NC(=O)N3CCN(c4ncccc4C)C[C@H]3C)[nH]c2c1. The fourth-order valence-electron chi connectivity index (χ4n) is 4.09. The number of pyridine rings is 1. The lowest BCUT2D eigenvalue weighted by atomic mass is 10.1. The summed E-state index contributed by atoms with van der Waals surface area (Å²) in [6.45, 7) is 8.50. The van der Waals surface area contributed by atoms with Gasteiger partial charge in [-0.25, -0.2) is 14.8 Å². The van der Waals surface area contributed by atoms with Gasteiger partial charge < -0.3 is 14.8 Å². The second-order valence-corrected chi connectivity index (χ2v) is 8.10. The van der Waals surface area contributed by atoms with Crippen LogP contribution in [-0.2, 0) is 6.42 Å². The Morgan fingerprint density at radius 1 is 1.30 bits per heavy atom. The van der Waals surface area contributed by atoms with Crippen LogP contribution in [0, 0.1) is 6.92 Å².